The smallest absolute Gasteiger partial charge is 0.410 e. The SMILES string of the molecule is CCN1CCC(n2cc(C(Cc3cc(Cl)c4ncc(C#N)c(Nc5ccc(F)c(Cl)c5)c4c3)c3ccc(Cl)cc3)nn2)CC1.CN1CCC(n2cc(C=O)nn2)CC1.Cc1ccc(Cl)cc1.N#Cc1cnc2c(Cl)cc(CC(c3ccc(Cl)cc3)c3cn(C4CCN(C(=O)OCc5ccccc5)CC4)nn3)cc2c1Nc1ccc(F)c(Cl)c1.N#Cc1cnc2c(Cl)cc(N)cc2c1Nc1ccc(Cl)c(F)c1. The lowest BCUT2D eigenvalue weighted by atomic mass is 9.89. The largest absolute Gasteiger partial charge is 0.445 e. The number of ether oxygens (including phenoxy) is 1. The highest BCUT2D eigenvalue weighted by Crippen LogP contribution is 2.43. The molecule has 2 atom stereocenters. The van der Waals surface area contributed by atoms with Crippen molar-refractivity contribution in [2.45, 2.75) is 102 Å². The summed E-state index contributed by atoms with van der Waals surface area (Å²) in [6, 6.07) is 63.7. The first-order valence-corrected chi connectivity index (χ1v) is 48.3. The van der Waals surface area contributed by atoms with Gasteiger partial charge in [-0.3, -0.25) is 19.7 Å². The van der Waals surface area contributed by atoms with Crippen LogP contribution in [-0.2, 0) is 24.2 Å². The number of aryl methyl sites for hydroxylation is 1. The molecular weight excluding hydrogens is 1980 g/mol. The third-order valence-electron chi connectivity index (χ3n) is 24.4. The molecule has 16 aromatic rings. The molecule has 3 saturated heterocycles. The minimum absolute atomic E-state index is 0.0166. The number of pyridine rings is 3. The van der Waals surface area contributed by atoms with Gasteiger partial charge in [0.25, 0.3) is 0 Å². The van der Waals surface area contributed by atoms with Crippen LogP contribution in [0.1, 0.15) is 147 Å². The van der Waals surface area contributed by atoms with Crippen molar-refractivity contribution in [1.29, 1.82) is 15.8 Å². The molecule has 5 N–H and O–H groups in total. The van der Waals surface area contributed by atoms with Gasteiger partial charge in [0.2, 0.25) is 0 Å². The van der Waals surface area contributed by atoms with Crippen LogP contribution in [0.2, 0.25) is 45.2 Å². The molecule has 0 aliphatic carbocycles. The van der Waals surface area contributed by atoms with E-state index in [4.69, 9.17) is 115 Å². The molecule has 0 spiro atoms. The summed E-state index contributed by atoms with van der Waals surface area (Å²) in [7, 11) is 2.12. The molecule has 0 bridgehead atoms. The van der Waals surface area contributed by atoms with Gasteiger partial charge in [-0.25, -0.2) is 32.0 Å². The average Bonchev–Trinajstić information content (AvgIpc) is 1.61. The van der Waals surface area contributed by atoms with Crippen LogP contribution in [0.15, 0.2) is 231 Å². The van der Waals surface area contributed by atoms with Crippen LogP contribution in [0.4, 0.5) is 57.8 Å². The van der Waals surface area contributed by atoms with Crippen LogP contribution in [0, 0.1) is 58.4 Å². The van der Waals surface area contributed by atoms with E-state index < -0.39 is 17.5 Å². The summed E-state index contributed by atoms with van der Waals surface area (Å²) >= 11 is 55.7. The zero-order valence-electron chi connectivity index (χ0n) is 76.1. The molecule has 10 aromatic carbocycles. The predicted molar refractivity (Wildman–Crippen MR) is 551 cm³/mol. The van der Waals surface area contributed by atoms with Crippen molar-refractivity contribution in [3.05, 3.63) is 361 Å². The summed E-state index contributed by atoms with van der Waals surface area (Å²) < 4.78 is 52.6. The first kappa shape index (κ1) is 102. The van der Waals surface area contributed by atoms with Crippen LogP contribution < -0.4 is 21.7 Å². The van der Waals surface area contributed by atoms with Crippen LogP contribution >= 0.6 is 104 Å². The second kappa shape index (κ2) is 47.8. The molecule has 37 heteroatoms. The Morgan fingerprint density at radius 1 is 0.468 bits per heavy atom. The topological polar surface area (TPSA) is 317 Å². The van der Waals surface area contributed by atoms with Crippen LogP contribution in [0.3, 0.4) is 0 Å². The molecule has 25 nitrogen and oxygen atoms in total. The van der Waals surface area contributed by atoms with Gasteiger partial charge in [0.05, 0.1) is 116 Å². The summed E-state index contributed by atoms with van der Waals surface area (Å²) in [6.45, 7) is 10.9. The summed E-state index contributed by atoms with van der Waals surface area (Å²) in [6.07, 6.45) is 17.2. The van der Waals surface area contributed by atoms with Crippen molar-refractivity contribution < 1.29 is 27.5 Å². The van der Waals surface area contributed by atoms with E-state index in [2.05, 4.69) is 104 Å². The Kier molecular flexibility index (Phi) is 34.7. The quantitative estimate of drug-likeness (QED) is 0.0383. The van der Waals surface area contributed by atoms with E-state index >= 15 is 0 Å². The van der Waals surface area contributed by atoms with Gasteiger partial charge >= 0.3 is 6.09 Å². The molecular formula is C104H90Cl9F3N22O3. The number of amides is 1. The number of piperidine rings is 3. The number of carbonyl (C=O) groups is 2. The second-order valence-corrected chi connectivity index (χ2v) is 37.7. The maximum absolute atomic E-state index is 13.9. The first-order chi connectivity index (χ1) is 68.1. The zero-order chi connectivity index (χ0) is 99.5. The number of nitrogens with one attached hydrogen (secondary N) is 3. The lowest BCUT2D eigenvalue weighted by Crippen LogP contribution is -2.39. The number of rotatable bonds is 21. The fourth-order valence-electron chi connectivity index (χ4n) is 16.8. The molecule has 0 radical (unpaired) electrons. The number of hydrogen-bond acceptors (Lipinski definition) is 21. The van der Waals surface area contributed by atoms with E-state index in [1.807, 2.05) is 161 Å². The van der Waals surface area contributed by atoms with Crippen molar-refractivity contribution in [2.75, 3.05) is 74.5 Å². The molecule has 3 fully saturated rings. The van der Waals surface area contributed by atoms with Crippen LogP contribution in [0.25, 0.3) is 32.7 Å². The van der Waals surface area contributed by atoms with E-state index in [1.54, 1.807) is 41.4 Å². The Hall–Kier alpha value is -13.2. The maximum Gasteiger partial charge on any atom is 0.410 e. The number of aldehydes is 1. The van der Waals surface area contributed by atoms with Crippen LogP contribution in [0.5, 0.6) is 0 Å². The van der Waals surface area contributed by atoms with E-state index in [-0.39, 0.29) is 56.8 Å². The fraction of sp³-hybridized carbons (Fsp3) is 0.231. The number of fused-ring (bicyclic) bond motifs is 3. The minimum atomic E-state index is -0.564. The van der Waals surface area contributed by atoms with Gasteiger partial charge in [-0.15, -0.1) is 15.3 Å². The molecule has 2 unspecified atom stereocenters. The number of nitrogen functional groups attached to an aromatic ring is 1. The molecule has 141 heavy (non-hydrogen) atoms. The highest BCUT2D eigenvalue weighted by atomic mass is 35.5. The standard InChI is InChI=1S/C39H31Cl3FN7O2.C33H29Cl3FN7.C16H9Cl2FN4.C9H14N4O.C7H7Cl/c40-28-8-6-26(7-9-28)31(36-22-50(48-47-36)30-12-14-49(15-13-30)39(51)52-23-24-4-2-1-3-5-24)16-25-17-32-37(46-29-10-11-35(43)33(41)19-29)27(20-44)21-45-38(32)34(42)18-25;1-2-43-11-9-25(10-12-43)44-19-31(41-42-44)26(21-3-5-23(34)6-4-21)13-20-14-27-32(40-24-7-8-30(37)28(35)16-24)22(17-38)18-39-33(27)29(36)15-20;17-12-2-1-10(5-14(12)19)23-15-8(6-20)7-22-16-11(15)3-9(21)4-13(16)18;1-12-4-2-9(3-5-12)13-6-8(7-14)10-11-13;1-6-2-4-7(8)5-3-6/h1-11,17-19,21-22,30-31H,12-16,23H2,(H,45,46);3-8,14-16,18-19,25-26H,2,9-13H2,1H3,(H,39,40);1-5,7H,21H2,(H,22,23);6-7,9H,2-5H2,1H3;2-5H,1H3. The Labute approximate surface area is 856 Å². The summed E-state index contributed by atoms with van der Waals surface area (Å²) in [5.74, 6) is -2.01. The second-order valence-electron chi connectivity index (χ2n) is 33.9. The Morgan fingerprint density at radius 2 is 0.879 bits per heavy atom. The normalized spacial score (nSPS) is 14.0. The number of hydrogen-bond donors (Lipinski definition) is 4. The number of likely N-dealkylation sites (tertiary alicyclic amines) is 3. The van der Waals surface area contributed by atoms with E-state index in [0.717, 1.165) is 109 Å². The van der Waals surface area contributed by atoms with E-state index in [1.165, 1.54) is 60.6 Å². The van der Waals surface area contributed by atoms with Crippen molar-refractivity contribution in [1.82, 2.24) is 74.6 Å². The number of nitriles is 3. The molecule has 19 rings (SSSR count). The lowest BCUT2D eigenvalue weighted by molar-refractivity contribution is 0.0819. The lowest BCUT2D eigenvalue weighted by Gasteiger charge is -2.31. The molecule has 0 saturated carbocycles. The van der Waals surface area contributed by atoms with E-state index in [0.29, 0.717) is 160 Å². The molecule has 3 aliphatic heterocycles. The highest BCUT2D eigenvalue weighted by molar-refractivity contribution is 6.37. The number of nitrogens with two attached hydrogens (primary N) is 1. The summed E-state index contributed by atoms with van der Waals surface area (Å²) in [4.78, 5) is 42.8. The molecule has 6 aromatic heterocycles. The Bertz CT molecular complexity index is 7270. The molecule has 718 valence electrons. The Balaban J connectivity index is 0.000000150. The summed E-state index contributed by atoms with van der Waals surface area (Å²) in [5.41, 5.74) is 19.6. The third-order valence-corrected chi connectivity index (χ3v) is 26.9. The van der Waals surface area contributed by atoms with Gasteiger partial charge in [0.1, 0.15) is 48.0 Å². The number of halogens is 12. The third kappa shape index (κ3) is 26.1. The van der Waals surface area contributed by atoms with Crippen molar-refractivity contribution in [2.24, 2.45) is 0 Å². The monoisotopic (exact) mass is 2070 g/mol. The Morgan fingerprint density at radius 3 is 1.30 bits per heavy atom. The summed E-state index contributed by atoms with van der Waals surface area (Å²) in [5, 5.41) is 69.9. The molecule has 3 aliphatic rings. The van der Waals surface area contributed by atoms with Gasteiger partial charge in [-0.05, 0) is 240 Å². The maximum atomic E-state index is 13.9. The highest BCUT2D eigenvalue weighted by Gasteiger charge is 2.31. The number of benzene rings is 10. The first-order valence-electron chi connectivity index (χ1n) is 44.9. The van der Waals surface area contributed by atoms with Crippen LogP contribution in [-0.4, -0.2) is 140 Å². The number of carbonyl (C=O) groups excluding carboxylic acids is 2. The average molecular weight is 2070 g/mol. The van der Waals surface area contributed by atoms with Gasteiger partial charge < -0.3 is 41.1 Å². The number of anilines is 7. The molecule has 9 heterocycles. The van der Waals surface area contributed by atoms with E-state index in [9.17, 15) is 38.5 Å². The number of aromatic nitrogens is 12. The van der Waals surface area contributed by atoms with Gasteiger partial charge in [-0.1, -0.05) is 199 Å². The van der Waals surface area contributed by atoms with Gasteiger partial charge in [-0.2, -0.15) is 15.8 Å². The zero-order valence-corrected chi connectivity index (χ0v) is 82.9. The minimum Gasteiger partial charge on any atom is -0.445 e. The fourth-order valence-corrected chi connectivity index (χ4v) is 18.5. The van der Waals surface area contributed by atoms with Crippen molar-refractivity contribution >= 4 is 189 Å². The van der Waals surface area contributed by atoms with Gasteiger partial charge in [0.15, 0.2) is 6.29 Å². The number of nitrogens with zero attached hydrogens (tertiary/aromatic N) is 18. The molecule has 1 amide bonds. The van der Waals surface area contributed by atoms with Crippen molar-refractivity contribution in [3.63, 3.8) is 0 Å². The predicted octanol–water partition coefficient (Wildman–Crippen LogP) is 26.3. The van der Waals surface area contributed by atoms with Gasteiger partial charge in [0, 0.05) is 123 Å². The van der Waals surface area contributed by atoms with Crippen molar-refractivity contribution in [3.8, 4) is 18.2 Å².